The molecule has 3 aliphatic rings. The highest BCUT2D eigenvalue weighted by Gasteiger charge is 2.76. The van der Waals surface area contributed by atoms with Gasteiger partial charge >= 0.3 is 0 Å². The summed E-state index contributed by atoms with van der Waals surface area (Å²) in [5, 5.41) is 11.3. The number of halogens is 1. The maximum absolute atomic E-state index is 14.8. The molecule has 3 aliphatic heterocycles. The van der Waals surface area contributed by atoms with Gasteiger partial charge in [0.25, 0.3) is 5.91 Å². The quantitative estimate of drug-likeness (QED) is 0.201. The van der Waals surface area contributed by atoms with Crippen LogP contribution >= 0.6 is 15.9 Å². The van der Waals surface area contributed by atoms with Gasteiger partial charge in [0.15, 0.2) is 0 Å². The third-order valence-electron chi connectivity index (χ3n) is 9.02. The Morgan fingerprint density at radius 3 is 2.50 bits per heavy atom. The molecule has 1 N–H and O–H groups in total. The number of anilines is 1. The Bertz CT molecular complexity index is 1370. The van der Waals surface area contributed by atoms with Crippen LogP contribution < -0.4 is 4.90 Å². The Morgan fingerprint density at radius 2 is 1.79 bits per heavy atom. The summed E-state index contributed by atoms with van der Waals surface area (Å²) < 4.78 is 6.68. The number of hydrogen-bond acceptors (Lipinski definition) is 5. The Morgan fingerprint density at radius 1 is 1.07 bits per heavy atom. The van der Waals surface area contributed by atoms with Gasteiger partial charge in [-0.1, -0.05) is 71.3 Å². The zero-order chi connectivity index (χ0) is 30.0. The van der Waals surface area contributed by atoms with Crippen LogP contribution in [-0.4, -0.2) is 88.5 Å². The number of ether oxygens (including phenoxy) is 1. The number of likely N-dealkylation sites (N-methyl/N-ethyl adjacent to an activating group) is 1. The van der Waals surface area contributed by atoms with E-state index < -0.39 is 29.6 Å². The highest BCUT2D eigenvalue weighted by Crippen LogP contribution is 2.60. The van der Waals surface area contributed by atoms with Crippen LogP contribution in [0.5, 0.6) is 0 Å². The molecule has 3 saturated heterocycles. The maximum Gasteiger partial charge on any atom is 0.253 e. The predicted octanol–water partition coefficient (Wildman–Crippen LogP) is 4.30. The number of amides is 3. The largest absolute Gasteiger partial charge is 0.396 e. The number of benzene rings is 2. The molecular formula is C33H40BrN3O5. The van der Waals surface area contributed by atoms with E-state index in [2.05, 4.69) is 29.1 Å². The lowest BCUT2D eigenvalue weighted by Crippen LogP contribution is -2.57. The minimum Gasteiger partial charge on any atom is -0.396 e. The molecule has 0 aliphatic carbocycles. The van der Waals surface area contributed by atoms with E-state index in [1.807, 2.05) is 42.5 Å². The smallest absolute Gasteiger partial charge is 0.253 e. The second-order valence-electron chi connectivity index (χ2n) is 11.6. The molecule has 2 bridgehead atoms. The van der Waals surface area contributed by atoms with Crippen LogP contribution in [0.1, 0.15) is 32.1 Å². The molecule has 1 spiro atoms. The number of aliphatic hydroxyl groups excluding tert-OH is 1. The number of aliphatic hydroxyl groups is 1. The van der Waals surface area contributed by atoms with E-state index in [1.54, 1.807) is 33.9 Å². The van der Waals surface area contributed by atoms with Crippen LogP contribution in [0.2, 0.25) is 0 Å². The Kier molecular flexibility index (Phi) is 9.20. The average molecular weight is 639 g/mol. The fourth-order valence-electron chi connectivity index (χ4n) is 7.16. The highest BCUT2D eigenvalue weighted by atomic mass is 79.9. The molecule has 8 nitrogen and oxygen atoms in total. The van der Waals surface area contributed by atoms with Crippen molar-refractivity contribution in [1.29, 1.82) is 0 Å². The summed E-state index contributed by atoms with van der Waals surface area (Å²) >= 11 is 3.75. The van der Waals surface area contributed by atoms with E-state index in [9.17, 15) is 19.5 Å². The first kappa shape index (κ1) is 30.4. The molecule has 6 atom stereocenters. The average Bonchev–Trinajstić information content (AvgIpc) is 3.58. The summed E-state index contributed by atoms with van der Waals surface area (Å²) in [5.41, 5.74) is -0.404. The standard InChI is InChI=1S/C33H40BrN3O5/c1-4-16-35(3)30(39)26-27-31(40)37(18-10-6-7-11-19-38)29(33(27)21-25(34)28(26)42-33)32(41)36(17-5-2)24-15-14-22-12-8-9-13-23(22)20-24/h4-5,8-9,12-15,20,25-29,38H,1-2,6-7,10-11,16-19,21H2,3H3/t25?,26-,27-,28-,29?,33?/m0/s1. The van der Waals surface area contributed by atoms with Crippen molar-refractivity contribution in [3.8, 4) is 0 Å². The number of hydrogen-bond donors (Lipinski definition) is 1. The fourth-order valence-corrected chi connectivity index (χ4v) is 8.10. The van der Waals surface area contributed by atoms with Crippen molar-refractivity contribution in [2.45, 2.75) is 54.7 Å². The van der Waals surface area contributed by atoms with Crippen molar-refractivity contribution in [3.63, 3.8) is 0 Å². The second kappa shape index (κ2) is 12.7. The molecular weight excluding hydrogens is 598 g/mol. The van der Waals surface area contributed by atoms with Crippen LogP contribution in [0.25, 0.3) is 10.8 Å². The van der Waals surface area contributed by atoms with Crippen molar-refractivity contribution < 1.29 is 24.2 Å². The monoisotopic (exact) mass is 637 g/mol. The van der Waals surface area contributed by atoms with Crippen LogP contribution in [0, 0.1) is 11.8 Å². The van der Waals surface area contributed by atoms with Crippen molar-refractivity contribution in [2.24, 2.45) is 11.8 Å². The summed E-state index contributed by atoms with van der Waals surface area (Å²) in [7, 11) is 1.71. The lowest BCUT2D eigenvalue weighted by atomic mass is 9.70. The van der Waals surface area contributed by atoms with Gasteiger partial charge in [0, 0.05) is 43.8 Å². The van der Waals surface area contributed by atoms with Gasteiger partial charge in [-0.3, -0.25) is 14.4 Å². The molecule has 9 heteroatoms. The summed E-state index contributed by atoms with van der Waals surface area (Å²) in [6.07, 6.45) is 6.33. The molecule has 0 saturated carbocycles. The summed E-state index contributed by atoms with van der Waals surface area (Å²) in [6, 6.07) is 13.0. The first-order valence-electron chi connectivity index (χ1n) is 14.8. The molecule has 0 aromatic heterocycles. The maximum atomic E-state index is 14.8. The Hall–Kier alpha value is -3.01. The van der Waals surface area contributed by atoms with Crippen LogP contribution in [-0.2, 0) is 19.1 Å². The minimum atomic E-state index is -1.12. The van der Waals surface area contributed by atoms with E-state index in [4.69, 9.17) is 4.74 Å². The predicted molar refractivity (Wildman–Crippen MR) is 167 cm³/mol. The Balaban J connectivity index is 1.54. The van der Waals surface area contributed by atoms with E-state index in [-0.39, 0.29) is 35.7 Å². The van der Waals surface area contributed by atoms with Crippen molar-refractivity contribution in [3.05, 3.63) is 67.8 Å². The second-order valence-corrected chi connectivity index (χ2v) is 12.8. The number of carbonyl (C=O) groups excluding carboxylic acids is 3. The number of nitrogens with zero attached hydrogens (tertiary/aromatic N) is 3. The van der Waals surface area contributed by atoms with Crippen LogP contribution in [0.3, 0.4) is 0 Å². The van der Waals surface area contributed by atoms with Gasteiger partial charge in [-0.25, -0.2) is 0 Å². The molecule has 3 amide bonds. The molecule has 0 radical (unpaired) electrons. The van der Waals surface area contributed by atoms with Crippen LogP contribution in [0.15, 0.2) is 67.8 Å². The van der Waals surface area contributed by atoms with Gasteiger partial charge in [-0.2, -0.15) is 0 Å². The number of rotatable bonds is 13. The van der Waals surface area contributed by atoms with Gasteiger partial charge in [0.1, 0.15) is 11.6 Å². The number of alkyl halides is 1. The van der Waals surface area contributed by atoms with Crippen molar-refractivity contribution in [1.82, 2.24) is 9.80 Å². The third kappa shape index (κ3) is 5.20. The minimum absolute atomic E-state index is 0.126. The molecule has 224 valence electrons. The molecule has 5 rings (SSSR count). The van der Waals surface area contributed by atoms with Crippen LogP contribution in [0.4, 0.5) is 5.69 Å². The van der Waals surface area contributed by atoms with Crippen molar-refractivity contribution in [2.75, 3.05) is 38.2 Å². The van der Waals surface area contributed by atoms with Gasteiger partial charge in [-0.15, -0.1) is 13.2 Å². The van der Waals surface area contributed by atoms with Gasteiger partial charge < -0.3 is 24.5 Å². The van der Waals surface area contributed by atoms with Gasteiger partial charge in [0.2, 0.25) is 11.8 Å². The lowest BCUT2D eigenvalue weighted by molar-refractivity contribution is -0.144. The topological polar surface area (TPSA) is 90.4 Å². The molecule has 2 aromatic carbocycles. The third-order valence-corrected chi connectivity index (χ3v) is 9.86. The lowest BCUT2D eigenvalue weighted by Gasteiger charge is -2.37. The van der Waals surface area contributed by atoms with E-state index in [0.717, 1.165) is 29.3 Å². The first-order chi connectivity index (χ1) is 20.3. The number of unbranched alkanes of at least 4 members (excludes halogenated alkanes) is 3. The summed E-state index contributed by atoms with van der Waals surface area (Å²) in [5.74, 6) is -2.03. The summed E-state index contributed by atoms with van der Waals surface area (Å²) in [4.78, 5) is 47.6. The molecule has 3 heterocycles. The van der Waals surface area contributed by atoms with E-state index >= 15 is 0 Å². The van der Waals surface area contributed by atoms with Gasteiger partial charge in [0.05, 0.1) is 17.9 Å². The molecule has 42 heavy (non-hydrogen) atoms. The zero-order valence-corrected chi connectivity index (χ0v) is 25.7. The molecule has 3 unspecified atom stereocenters. The number of carbonyl (C=O) groups is 3. The Labute approximate surface area is 256 Å². The van der Waals surface area contributed by atoms with Crippen molar-refractivity contribution >= 4 is 50.1 Å². The van der Waals surface area contributed by atoms with E-state index in [1.165, 1.54) is 0 Å². The first-order valence-corrected chi connectivity index (χ1v) is 15.7. The number of fused-ring (bicyclic) bond motifs is 2. The molecule has 3 fully saturated rings. The molecule has 2 aromatic rings. The summed E-state index contributed by atoms with van der Waals surface area (Å²) in [6.45, 7) is 8.79. The normalized spacial score (nSPS) is 27.7. The zero-order valence-electron chi connectivity index (χ0n) is 24.2. The van der Waals surface area contributed by atoms with E-state index in [0.29, 0.717) is 32.4 Å². The highest BCUT2D eigenvalue weighted by molar-refractivity contribution is 9.09. The van der Waals surface area contributed by atoms with Gasteiger partial charge in [-0.05, 0) is 42.2 Å². The number of likely N-dealkylation sites (tertiary alicyclic amines) is 1. The fraction of sp³-hybridized carbons (Fsp3) is 0.485. The SMILES string of the molecule is C=CCN(C)C(=O)[C@H]1[C@H]2C(=O)N(CCCCCCO)C(C(=O)N(CC=C)c3ccc4ccccc4c3)C23CC(Br)[C@@H]1O3.